The number of carbonyl (C=O) groups excluding carboxylic acids is 1. The minimum atomic E-state index is -3.29. The molecule has 7 heteroatoms. The van der Waals surface area contributed by atoms with Gasteiger partial charge in [-0.25, -0.2) is 9.59 Å². The summed E-state index contributed by atoms with van der Waals surface area (Å²) in [6, 6.07) is 0. The maximum atomic E-state index is 10.6. The van der Waals surface area contributed by atoms with Gasteiger partial charge in [-0.2, -0.15) is 0 Å². The van der Waals surface area contributed by atoms with Crippen LogP contribution in [0.15, 0.2) is 0 Å². The average Bonchev–Trinajstić information content (AvgIpc) is 2.00. The van der Waals surface area contributed by atoms with Gasteiger partial charge in [0.25, 0.3) is 5.60 Å². The van der Waals surface area contributed by atoms with E-state index in [4.69, 9.17) is 20.4 Å². The molecule has 0 bridgehead atoms. The summed E-state index contributed by atoms with van der Waals surface area (Å²) >= 11 is 0. The second-order valence-corrected chi connectivity index (χ2v) is 2.37. The molecule has 0 amide bonds. The van der Waals surface area contributed by atoms with E-state index < -0.39 is 29.4 Å². The number of carbonyl (C=O) groups is 3. The molecule has 0 fully saturated rings. The van der Waals surface area contributed by atoms with Crippen LogP contribution in [0.5, 0.6) is 0 Å². The number of Topliss-reactive ketones (excluding diaryl/α,β-unsaturated/α-hetero) is 1. The number of aliphatic carboxylic acids is 2. The van der Waals surface area contributed by atoms with Crippen molar-refractivity contribution in [2.24, 2.45) is 0 Å². The van der Waals surface area contributed by atoms with Crippen molar-refractivity contribution in [1.82, 2.24) is 0 Å². The molecule has 0 radical (unpaired) electrons. The molecule has 0 spiro atoms. The number of hydrogen-bond donors (Lipinski definition) is 4. The normalized spacial score (nSPS) is 17.2. The molecule has 0 saturated carbocycles. The van der Waals surface area contributed by atoms with Crippen LogP contribution in [0.25, 0.3) is 0 Å². The third-order valence-electron chi connectivity index (χ3n) is 1.49. The van der Waals surface area contributed by atoms with Crippen LogP contribution in [-0.2, 0) is 14.4 Å². The summed E-state index contributed by atoms with van der Waals surface area (Å²) in [4.78, 5) is 31.0. The second kappa shape index (κ2) is 3.50. The van der Waals surface area contributed by atoms with Gasteiger partial charge in [0.1, 0.15) is 0 Å². The molecule has 0 aliphatic heterocycles. The number of ketones is 1. The molecule has 7 nitrogen and oxygen atoms in total. The molecular weight excluding hydrogens is 184 g/mol. The fraction of sp³-hybridized carbons (Fsp3) is 0.500. The van der Waals surface area contributed by atoms with E-state index in [9.17, 15) is 14.4 Å². The van der Waals surface area contributed by atoms with Gasteiger partial charge >= 0.3 is 11.9 Å². The molecule has 0 rings (SSSR count). The van der Waals surface area contributed by atoms with Gasteiger partial charge in [0.15, 0.2) is 11.9 Å². The zero-order valence-corrected chi connectivity index (χ0v) is 6.59. The first-order valence-electron chi connectivity index (χ1n) is 3.12. The van der Waals surface area contributed by atoms with Crippen molar-refractivity contribution in [2.75, 3.05) is 0 Å². The molecule has 0 aromatic rings. The lowest BCUT2D eigenvalue weighted by molar-refractivity contribution is -0.185. The van der Waals surface area contributed by atoms with Gasteiger partial charge in [0.2, 0.25) is 0 Å². The molecule has 0 aliphatic rings. The van der Waals surface area contributed by atoms with E-state index >= 15 is 0 Å². The summed E-state index contributed by atoms with van der Waals surface area (Å²) in [6.45, 7) is 0.667. The van der Waals surface area contributed by atoms with Crippen molar-refractivity contribution in [2.45, 2.75) is 18.6 Å². The van der Waals surface area contributed by atoms with Crippen molar-refractivity contribution in [3.05, 3.63) is 0 Å². The molecule has 0 saturated heterocycles. The monoisotopic (exact) mass is 192 g/mol. The summed E-state index contributed by atoms with van der Waals surface area (Å²) in [5.41, 5.74) is -3.29. The van der Waals surface area contributed by atoms with Crippen molar-refractivity contribution >= 4 is 17.7 Å². The Bertz CT molecular complexity index is 242. The number of carboxylic acids is 2. The van der Waals surface area contributed by atoms with Crippen LogP contribution in [-0.4, -0.2) is 49.9 Å². The molecule has 0 unspecified atom stereocenters. The lowest BCUT2D eigenvalue weighted by Gasteiger charge is -2.22. The molecule has 0 aromatic heterocycles. The molecule has 0 aliphatic carbocycles. The highest BCUT2D eigenvalue weighted by Crippen LogP contribution is 2.13. The zero-order chi connectivity index (χ0) is 10.8. The molecule has 74 valence electrons. The predicted octanol–water partition coefficient (Wildman–Crippen LogP) is -2.16. The topological polar surface area (TPSA) is 132 Å². The van der Waals surface area contributed by atoms with Crippen LogP contribution >= 0.6 is 0 Å². The van der Waals surface area contributed by atoms with Gasteiger partial charge in [-0.05, 0) is 6.92 Å². The van der Waals surface area contributed by atoms with Gasteiger partial charge < -0.3 is 20.4 Å². The van der Waals surface area contributed by atoms with Crippen molar-refractivity contribution in [1.29, 1.82) is 0 Å². The minimum Gasteiger partial charge on any atom is -0.479 e. The molecule has 0 heterocycles. The van der Waals surface area contributed by atoms with Crippen molar-refractivity contribution in [3.63, 3.8) is 0 Å². The van der Waals surface area contributed by atoms with E-state index in [1.165, 1.54) is 0 Å². The Morgan fingerprint density at radius 3 is 1.69 bits per heavy atom. The first-order chi connectivity index (χ1) is 5.74. The Labute approximate surface area is 72.2 Å². The quantitative estimate of drug-likeness (QED) is 0.373. The van der Waals surface area contributed by atoms with Gasteiger partial charge in [0.05, 0.1) is 0 Å². The van der Waals surface area contributed by atoms with Gasteiger partial charge in [-0.3, -0.25) is 4.79 Å². The molecule has 2 atom stereocenters. The van der Waals surface area contributed by atoms with E-state index in [0.29, 0.717) is 6.92 Å². The Hall–Kier alpha value is -1.47. The summed E-state index contributed by atoms with van der Waals surface area (Å²) < 4.78 is 0. The largest absolute Gasteiger partial charge is 0.479 e. The van der Waals surface area contributed by atoms with Crippen LogP contribution in [0, 0.1) is 0 Å². The highest BCUT2D eigenvalue weighted by Gasteiger charge is 2.52. The Morgan fingerprint density at radius 1 is 1.23 bits per heavy atom. The summed E-state index contributed by atoms with van der Waals surface area (Å²) in [5.74, 6) is -5.44. The summed E-state index contributed by atoms with van der Waals surface area (Å²) in [6.07, 6.45) is -2.68. The van der Waals surface area contributed by atoms with Crippen LogP contribution in [0.1, 0.15) is 6.92 Å². The number of aliphatic hydroxyl groups is 2. The summed E-state index contributed by atoms with van der Waals surface area (Å²) in [7, 11) is 0. The number of carboxylic acid groups (broad SMARTS) is 2. The average molecular weight is 192 g/mol. The predicted molar refractivity (Wildman–Crippen MR) is 36.9 cm³/mol. The van der Waals surface area contributed by atoms with Crippen LogP contribution < -0.4 is 0 Å². The zero-order valence-electron chi connectivity index (χ0n) is 6.59. The Kier molecular flexibility index (Phi) is 3.10. The van der Waals surface area contributed by atoms with E-state index in [1.54, 1.807) is 0 Å². The van der Waals surface area contributed by atoms with Gasteiger partial charge in [-0.1, -0.05) is 0 Å². The SMILES string of the molecule is CC(=O)[C@](O)(C(=O)O)[C@@H](O)C(=O)O. The number of aliphatic hydroxyl groups excluding tert-OH is 1. The molecule has 13 heavy (non-hydrogen) atoms. The maximum Gasteiger partial charge on any atom is 0.347 e. The second-order valence-electron chi connectivity index (χ2n) is 2.37. The highest BCUT2D eigenvalue weighted by atomic mass is 16.4. The fourth-order valence-corrected chi connectivity index (χ4v) is 0.639. The van der Waals surface area contributed by atoms with Gasteiger partial charge in [-0.15, -0.1) is 0 Å². The smallest absolute Gasteiger partial charge is 0.347 e. The first-order valence-corrected chi connectivity index (χ1v) is 3.12. The third kappa shape index (κ3) is 1.82. The summed E-state index contributed by atoms with van der Waals surface area (Å²) in [5, 5.41) is 34.3. The minimum absolute atomic E-state index is 0.667. The van der Waals surface area contributed by atoms with Gasteiger partial charge in [0, 0.05) is 0 Å². The molecule has 0 aromatic carbocycles. The standard InChI is InChI=1S/C6H8O7/c1-2(7)6(13,5(11)12)3(8)4(9)10/h3,8,13H,1H3,(H,9,10)(H,11,12)/t3-,6+/m0/s1. The first kappa shape index (κ1) is 11.5. The Morgan fingerprint density at radius 2 is 1.62 bits per heavy atom. The number of rotatable bonds is 4. The fourth-order valence-electron chi connectivity index (χ4n) is 0.639. The lowest BCUT2D eigenvalue weighted by atomic mass is 9.92. The van der Waals surface area contributed by atoms with E-state index in [0.717, 1.165) is 0 Å². The van der Waals surface area contributed by atoms with E-state index in [-0.39, 0.29) is 0 Å². The molecular formula is C6H8O7. The lowest BCUT2D eigenvalue weighted by Crippen LogP contribution is -2.58. The van der Waals surface area contributed by atoms with Crippen molar-refractivity contribution < 1.29 is 34.8 Å². The van der Waals surface area contributed by atoms with Crippen LogP contribution in [0.4, 0.5) is 0 Å². The highest BCUT2D eigenvalue weighted by molar-refractivity contribution is 6.09. The van der Waals surface area contributed by atoms with Crippen LogP contribution in [0.2, 0.25) is 0 Å². The van der Waals surface area contributed by atoms with E-state index in [1.807, 2.05) is 0 Å². The van der Waals surface area contributed by atoms with Crippen molar-refractivity contribution in [3.8, 4) is 0 Å². The Balaban J connectivity index is 5.13. The van der Waals surface area contributed by atoms with E-state index in [2.05, 4.69) is 0 Å². The third-order valence-corrected chi connectivity index (χ3v) is 1.49. The maximum absolute atomic E-state index is 10.6. The molecule has 4 N–H and O–H groups in total. The number of hydrogen-bond acceptors (Lipinski definition) is 5. The van der Waals surface area contributed by atoms with Crippen LogP contribution in [0.3, 0.4) is 0 Å².